The lowest BCUT2D eigenvalue weighted by Crippen LogP contribution is -2.34. The highest BCUT2D eigenvalue weighted by molar-refractivity contribution is 7.10. The second kappa shape index (κ2) is 5.88. The van der Waals surface area contributed by atoms with Gasteiger partial charge in [-0.05, 0) is 23.8 Å². The quantitative estimate of drug-likeness (QED) is 0.806. The van der Waals surface area contributed by atoms with Crippen molar-refractivity contribution < 1.29 is 4.79 Å². The summed E-state index contributed by atoms with van der Waals surface area (Å²) in [5, 5.41) is 4.77. The first-order valence-corrected chi connectivity index (χ1v) is 6.06. The fourth-order valence-corrected chi connectivity index (χ4v) is 1.92. The average Bonchev–Trinajstić information content (AvgIpc) is 2.68. The maximum atomic E-state index is 11.6. The van der Waals surface area contributed by atoms with Crippen LogP contribution in [0.25, 0.3) is 0 Å². The van der Waals surface area contributed by atoms with Crippen molar-refractivity contribution in [3.05, 3.63) is 22.4 Å². The molecular formula is C11H18N2OS. The molecular weight excluding hydrogens is 208 g/mol. The number of amides is 1. The summed E-state index contributed by atoms with van der Waals surface area (Å²) in [5.74, 6) is 0.515. The van der Waals surface area contributed by atoms with Gasteiger partial charge in [-0.3, -0.25) is 4.79 Å². The molecule has 1 unspecified atom stereocenters. The lowest BCUT2D eigenvalue weighted by Gasteiger charge is -2.11. The van der Waals surface area contributed by atoms with Crippen molar-refractivity contribution in [2.24, 2.45) is 11.7 Å². The van der Waals surface area contributed by atoms with E-state index in [-0.39, 0.29) is 5.91 Å². The van der Waals surface area contributed by atoms with Gasteiger partial charge < -0.3 is 11.1 Å². The van der Waals surface area contributed by atoms with Gasteiger partial charge in [0, 0.05) is 11.4 Å². The molecule has 1 atom stereocenters. The third-order valence-corrected chi connectivity index (χ3v) is 3.11. The van der Waals surface area contributed by atoms with Crippen LogP contribution in [0.4, 0.5) is 0 Å². The Hall–Kier alpha value is -0.870. The van der Waals surface area contributed by atoms with Gasteiger partial charge in [0.25, 0.3) is 0 Å². The zero-order valence-electron chi connectivity index (χ0n) is 9.19. The topological polar surface area (TPSA) is 55.1 Å². The second-order valence-electron chi connectivity index (χ2n) is 3.97. The molecule has 84 valence electrons. The maximum absolute atomic E-state index is 11.6. The number of nitrogens with two attached hydrogens (primary N) is 1. The van der Waals surface area contributed by atoms with Crippen LogP contribution in [0.5, 0.6) is 0 Å². The van der Waals surface area contributed by atoms with E-state index in [2.05, 4.69) is 19.2 Å². The van der Waals surface area contributed by atoms with E-state index in [1.54, 1.807) is 0 Å². The minimum atomic E-state index is -0.517. The van der Waals surface area contributed by atoms with Crippen LogP contribution in [0.15, 0.2) is 17.5 Å². The molecule has 1 amide bonds. The number of carbonyl (C=O) groups excluding carboxylic acids is 1. The van der Waals surface area contributed by atoms with Gasteiger partial charge in [0.2, 0.25) is 5.91 Å². The predicted molar refractivity (Wildman–Crippen MR) is 63.7 cm³/mol. The standard InChI is InChI=1S/C11H18N2OS/c1-8(2)5-6-13-11(14)10(12)9-4-3-7-15-9/h3-4,7-8,10H,5-6,12H2,1-2H3,(H,13,14). The molecule has 0 fully saturated rings. The van der Waals surface area contributed by atoms with Gasteiger partial charge >= 0.3 is 0 Å². The van der Waals surface area contributed by atoms with Crippen LogP contribution in [0, 0.1) is 5.92 Å². The highest BCUT2D eigenvalue weighted by Crippen LogP contribution is 2.16. The Morgan fingerprint density at radius 1 is 1.60 bits per heavy atom. The fraction of sp³-hybridized carbons (Fsp3) is 0.545. The molecule has 0 saturated heterocycles. The number of nitrogens with one attached hydrogen (secondary N) is 1. The first-order valence-electron chi connectivity index (χ1n) is 5.18. The molecule has 0 bridgehead atoms. The van der Waals surface area contributed by atoms with E-state index in [9.17, 15) is 4.79 Å². The van der Waals surface area contributed by atoms with Crippen LogP contribution in [0.2, 0.25) is 0 Å². The van der Waals surface area contributed by atoms with Crippen molar-refractivity contribution in [3.8, 4) is 0 Å². The lowest BCUT2D eigenvalue weighted by molar-refractivity contribution is -0.122. The first kappa shape index (κ1) is 12.2. The van der Waals surface area contributed by atoms with E-state index in [4.69, 9.17) is 5.73 Å². The zero-order valence-corrected chi connectivity index (χ0v) is 10.0. The van der Waals surface area contributed by atoms with Crippen LogP contribution in [0.3, 0.4) is 0 Å². The van der Waals surface area contributed by atoms with E-state index in [1.807, 2.05) is 17.5 Å². The summed E-state index contributed by atoms with van der Waals surface area (Å²) in [5.41, 5.74) is 5.80. The molecule has 0 aliphatic rings. The Balaban J connectivity index is 2.34. The number of hydrogen-bond acceptors (Lipinski definition) is 3. The minimum Gasteiger partial charge on any atom is -0.354 e. The highest BCUT2D eigenvalue weighted by Gasteiger charge is 2.15. The number of carbonyl (C=O) groups is 1. The monoisotopic (exact) mass is 226 g/mol. The molecule has 0 spiro atoms. The van der Waals surface area contributed by atoms with Gasteiger partial charge in [0.15, 0.2) is 0 Å². The van der Waals surface area contributed by atoms with Crippen molar-refractivity contribution in [1.82, 2.24) is 5.32 Å². The van der Waals surface area contributed by atoms with Crippen LogP contribution in [0.1, 0.15) is 31.2 Å². The Bertz CT molecular complexity index is 296. The maximum Gasteiger partial charge on any atom is 0.242 e. The van der Waals surface area contributed by atoms with E-state index >= 15 is 0 Å². The highest BCUT2D eigenvalue weighted by atomic mass is 32.1. The van der Waals surface area contributed by atoms with Crippen molar-refractivity contribution in [2.75, 3.05) is 6.54 Å². The third kappa shape index (κ3) is 4.01. The molecule has 0 aliphatic carbocycles. The molecule has 0 aromatic carbocycles. The molecule has 0 radical (unpaired) electrons. The molecule has 0 aliphatic heterocycles. The molecule has 0 saturated carbocycles. The summed E-state index contributed by atoms with van der Waals surface area (Å²) in [7, 11) is 0. The molecule has 3 nitrogen and oxygen atoms in total. The number of rotatable bonds is 5. The van der Waals surface area contributed by atoms with Crippen molar-refractivity contribution >= 4 is 17.2 Å². The van der Waals surface area contributed by atoms with E-state index in [0.717, 1.165) is 11.3 Å². The second-order valence-corrected chi connectivity index (χ2v) is 4.95. The Morgan fingerprint density at radius 3 is 2.87 bits per heavy atom. The zero-order chi connectivity index (χ0) is 11.3. The number of hydrogen-bond donors (Lipinski definition) is 2. The molecule has 1 aromatic heterocycles. The van der Waals surface area contributed by atoms with Gasteiger partial charge in [-0.2, -0.15) is 0 Å². The summed E-state index contributed by atoms with van der Waals surface area (Å²) in [6.07, 6.45) is 0.989. The van der Waals surface area contributed by atoms with Crippen LogP contribution < -0.4 is 11.1 Å². The molecule has 1 heterocycles. The third-order valence-electron chi connectivity index (χ3n) is 2.15. The number of thiophene rings is 1. The smallest absolute Gasteiger partial charge is 0.242 e. The Kier molecular flexibility index (Phi) is 4.78. The summed E-state index contributed by atoms with van der Waals surface area (Å²) in [6, 6.07) is 3.27. The summed E-state index contributed by atoms with van der Waals surface area (Å²) in [4.78, 5) is 12.5. The van der Waals surface area contributed by atoms with Crippen molar-refractivity contribution in [2.45, 2.75) is 26.3 Å². The summed E-state index contributed by atoms with van der Waals surface area (Å²) in [6.45, 7) is 4.96. The first-order chi connectivity index (χ1) is 7.11. The largest absolute Gasteiger partial charge is 0.354 e. The normalized spacial score (nSPS) is 12.8. The molecule has 15 heavy (non-hydrogen) atoms. The van der Waals surface area contributed by atoms with E-state index in [0.29, 0.717) is 12.5 Å². The fourth-order valence-electron chi connectivity index (χ4n) is 1.19. The average molecular weight is 226 g/mol. The lowest BCUT2D eigenvalue weighted by atomic mass is 10.1. The van der Waals surface area contributed by atoms with Gasteiger partial charge in [0.05, 0.1) is 0 Å². The molecule has 1 aromatic rings. The molecule has 1 rings (SSSR count). The summed E-state index contributed by atoms with van der Waals surface area (Å²) < 4.78 is 0. The summed E-state index contributed by atoms with van der Waals surface area (Å²) >= 11 is 1.51. The van der Waals surface area contributed by atoms with E-state index in [1.165, 1.54) is 11.3 Å². The predicted octanol–water partition coefficient (Wildman–Crippen LogP) is 1.91. The van der Waals surface area contributed by atoms with E-state index < -0.39 is 6.04 Å². The Labute approximate surface area is 94.7 Å². The van der Waals surface area contributed by atoms with Gasteiger partial charge in [0.1, 0.15) is 6.04 Å². The SMILES string of the molecule is CC(C)CCNC(=O)C(N)c1cccs1. The van der Waals surface area contributed by atoms with Crippen LogP contribution in [-0.4, -0.2) is 12.5 Å². The molecule has 3 N–H and O–H groups in total. The van der Waals surface area contributed by atoms with Gasteiger partial charge in [-0.15, -0.1) is 11.3 Å². The van der Waals surface area contributed by atoms with Crippen molar-refractivity contribution in [1.29, 1.82) is 0 Å². The van der Waals surface area contributed by atoms with Crippen LogP contribution in [-0.2, 0) is 4.79 Å². The van der Waals surface area contributed by atoms with Gasteiger partial charge in [-0.1, -0.05) is 19.9 Å². The van der Waals surface area contributed by atoms with Gasteiger partial charge in [-0.25, -0.2) is 0 Å². The Morgan fingerprint density at radius 2 is 2.33 bits per heavy atom. The van der Waals surface area contributed by atoms with Crippen molar-refractivity contribution in [3.63, 3.8) is 0 Å². The molecule has 4 heteroatoms. The van der Waals surface area contributed by atoms with Crippen LogP contribution >= 0.6 is 11.3 Å². The minimum absolute atomic E-state index is 0.0851.